The van der Waals surface area contributed by atoms with Gasteiger partial charge in [-0.25, -0.2) is 12.8 Å². The lowest BCUT2D eigenvalue weighted by atomic mass is 9.97. The van der Waals surface area contributed by atoms with Gasteiger partial charge in [0.15, 0.2) is 0 Å². The van der Waals surface area contributed by atoms with Crippen LogP contribution in [0.2, 0.25) is 0 Å². The largest absolute Gasteiger partial charge is 0.330 e. The van der Waals surface area contributed by atoms with Crippen molar-refractivity contribution in [1.29, 1.82) is 0 Å². The third-order valence-corrected chi connectivity index (χ3v) is 3.62. The van der Waals surface area contributed by atoms with Crippen molar-refractivity contribution in [2.45, 2.75) is 12.8 Å². The van der Waals surface area contributed by atoms with Crippen LogP contribution in [-0.4, -0.2) is 27.0 Å². The van der Waals surface area contributed by atoms with E-state index >= 15 is 0 Å². The lowest BCUT2D eigenvalue weighted by molar-refractivity contribution is 0.510. The van der Waals surface area contributed by atoms with Crippen molar-refractivity contribution in [2.24, 2.45) is 11.7 Å². The lowest BCUT2D eigenvalue weighted by Crippen LogP contribution is -2.20. The second-order valence-electron chi connectivity index (χ2n) is 4.35. The molecule has 0 bridgehead atoms. The molecular formula is C12H18FNO2S. The normalized spacial score (nSPS) is 13.6. The van der Waals surface area contributed by atoms with Crippen LogP contribution in [0.3, 0.4) is 0 Å². The summed E-state index contributed by atoms with van der Waals surface area (Å²) >= 11 is 0. The van der Waals surface area contributed by atoms with E-state index in [1.807, 2.05) is 6.07 Å². The summed E-state index contributed by atoms with van der Waals surface area (Å²) in [5.74, 6) is -0.0719. The Balaban J connectivity index is 2.58. The average Bonchev–Trinajstić information content (AvgIpc) is 2.23. The molecule has 0 amide bonds. The molecule has 0 fully saturated rings. The number of nitrogens with two attached hydrogens (primary N) is 1. The van der Waals surface area contributed by atoms with E-state index < -0.39 is 9.84 Å². The predicted molar refractivity (Wildman–Crippen MR) is 67.0 cm³/mol. The third kappa shape index (κ3) is 5.79. The van der Waals surface area contributed by atoms with Crippen LogP contribution in [0, 0.1) is 11.7 Å². The van der Waals surface area contributed by atoms with Gasteiger partial charge in [0.1, 0.15) is 15.7 Å². The Labute approximate surface area is 102 Å². The molecule has 1 rings (SSSR count). The fraction of sp³-hybridized carbons (Fsp3) is 0.500. The van der Waals surface area contributed by atoms with Gasteiger partial charge < -0.3 is 5.73 Å². The highest BCUT2D eigenvalue weighted by Gasteiger charge is 2.12. The molecule has 0 aliphatic rings. The summed E-state index contributed by atoms with van der Waals surface area (Å²) in [4.78, 5) is 0. The zero-order valence-corrected chi connectivity index (χ0v) is 10.7. The van der Waals surface area contributed by atoms with E-state index in [0.717, 1.165) is 5.56 Å². The number of hydrogen-bond donors (Lipinski definition) is 1. The molecule has 3 nitrogen and oxygen atoms in total. The molecule has 0 aromatic heterocycles. The number of hydrogen-bond acceptors (Lipinski definition) is 3. The van der Waals surface area contributed by atoms with Crippen LogP contribution in [0.1, 0.15) is 12.0 Å². The van der Waals surface area contributed by atoms with Crippen LogP contribution in [-0.2, 0) is 16.3 Å². The van der Waals surface area contributed by atoms with Gasteiger partial charge in [0.25, 0.3) is 0 Å². The topological polar surface area (TPSA) is 60.2 Å². The first-order valence-electron chi connectivity index (χ1n) is 5.53. The van der Waals surface area contributed by atoms with Gasteiger partial charge in [-0.1, -0.05) is 12.1 Å². The van der Waals surface area contributed by atoms with E-state index in [-0.39, 0.29) is 17.5 Å². The smallest absolute Gasteiger partial charge is 0.147 e. The van der Waals surface area contributed by atoms with Gasteiger partial charge in [0, 0.05) is 6.26 Å². The Morgan fingerprint density at radius 2 is 2.12 bits per heavy atom. The Morgan fingerprint density at radius 1 is 1.41 bits per heavy atom. The van der Waals surface area contributed by atoms with E-state index in [4.69, 9.17) is 5.73 Å². The minimum atomic E-state index is -2.96. The molecule has 5 heteroatoms. The summed E-state index contributed by atoms with van der Waals surface area (Å²) in [6.45, 7) is 0.409. The van der Waals surface area contributed by atoms with E-state index in [2.05, 4.69) is 0 Å². The van der Waals surface area contributed by atoms with Crippen molar-refractivity contribution < 1.29 is 12.8 Å². The van der Waals surface area contributed by atoms with Crippen LogP contribution in [0.4, 0.5) is 4.39 Å². The molecule has 0 radical (unpaired) electrons. The number of rotatable bonds is 6. The zero-order valence-electron chi connectivity index (χ0n) is 9.90. The Morgan fingerprint density at radius 3 is 2.65 bits per heavy atom. The molecule has 0 saturated carbocycles. The van der Waals surface area contributed by atoms with Crippen molar-refractivity contribution in [1.82, 2.24) is 0 Å². The summed E-state index contributed by atoms with van der Waals surface area (Å²) < 4.78 is 35.1. The predicted octanol–water partition coefficient (Wildman–Crippen LogP) is 1.38. The number of halogens is 1. The molecule has 0 aliphatic heterocycles. The van der Waals surface area contributed by atoms with E-state index in [1.54, 1.807) is 6.07 Å². The molecular weight excluding hydrogens is 241 g/mol. The van der Waals surface area contributed by atoms with Crippen molar-refractivity contribution in [3.05, 3.63) is 35.6 Å². The van der Waals surface area contributed by atoms with Crippen molar-refractivity contribution in [3.8, 4) is 0 Å². The van der Waals surface area contributed by atoms with Gasteiger partial charge in [-0.3, -0.25) is 0 Å². The quantitative estimate of drug-likeness (QED) is 0.839. The first-order chi connectivity index (χ1) is 7.90. The number of benzene rings is 1. The maximum atomic E-state index is 13.0. The zero-order chi connectivity index (χ0) is 12.9. The summed E-state index contributed by atoms with van der Waals surface area (Å²) in [6.07, 6.45) is 2.35. The van der Waals surface area contributed by atoms with Crippen LogP contribution in [0.5, 0.6) is 0 Å². The van der Waals surface area contributed by atoms with Crippen molar-refractivity contribution in [3.63, 3.8) is 0 Å². The van der Waals surface area contributed by atoms with Gasteiger partial charge >= 0.3 is 0 Å². The molecule has 1 atom stereocenters. The van der Waals surface area contributed by atoms with Crippen LogP contribution < -0.4 is 5.73 Å². The molecule has 1 aromatic carbocycles. The summed E-state index contributed by atoms with van der Waals surface area (Å²) in [7, 11) is -2.96. The van der Waals surface area contributed by atoms with Crippen LogP contribution >= 0.6 is 0 Å². The van der Waals surface area contributed by atoms with E-state index in [9.17, 15) is 12.8 Å². The van der Waals surface area contributed by atoms with Gasteiger partial charge in [-0.15, -0.1) is 0 Å². The first kappa shape index (κ1) is 14.1. The Hall–Kier alpha value is -0.940. The molecule has 17 heavy (non-hydrogen) atoms. The molecule has 0 saturated heterocycles. The minimum Gasteiger partial charge on any atom is -0.330 e. The van der Waals surface area contributed by atoms with Crippen molar-refractivity contribution in [2.75, 3.05) is 18.6 Å². The highest BCUT2D eigenvalue weighted by atomic mass is 32.2. The first-order valence-corrected chi connectivity index (χ1v) is 7.59. The molecule has 1 aromatic rings. The monoisotopic (exact) mass is 259 g/mol. The molecule has 0 spiro atoms. The summed E-state index contributed by atoms with van der Waals surface area (Å²) in [5, 5.41) is 0. The lowest BCUT2D eigenvalue weighted by Gasteiger charge is -2.14. The Bertz CT molecular complexity index is 459. The van der Waals surface area contributed by atoms with Gasteiger partial charge in [-0.2, -0.15) is 0 Å². The highest BCUT2D eigenvalue weighted by Crippen LogP contribution is 2.13. The molecule has 96 valence electrons. The molecule has 0 aliphatic carbocycles. The van der Waals surface area contributed by atoms with Crippen molar-refractivity contribution >= 4 is 9.84 Å². The van der Waals surface area contributed by atoms with Crippen LogP contribution in [0.15, 0.2) is 24.3 Å². The maximum absolute atomic E-state index is 13.0. The summed E-state index contributed by atoms with van der Waals surface area (Å²) in [5.41, 5.74) is 6.45. The Kier molecular flexibility index (Phi) is 5.08. The molecule has 1 unspecified atom stereocenters. The average molecular weight is 259 g/mol. The summed E-state index contributed by atoms with van der Waals surface area (Å²) in [6, 6.07) is 6.32. The fourth-order valence-electron chi connectivity index (χ4n) is 1.68. The van der Waals surface area contributed by atoms with Gasteiger partial charge in [0.05, 0.1) is 5.75 Å². The second-order valence-corrected chi connectivity index (χ2v) is 6.61. The van der Waals surface area contributed by atoms with E-state index in [1.165, 1.54) is 18.4 Å². The van der Waals surface area contributed by atoms with E-state index in [0.29, 0.717) is 19.4 Å². The third-order valence-electron chi connectivity index (χ3n) is 2.64. The second kappa shape index (κ2) is 6.12. The molecule has 2 N–H and O–H groups in total. The fourth-order valence-corrected chi connectivity index (χ4v) is 2.44. The van der Waals surface area contributed by atoms with Crippen LogP contribution in [0.25, 0.3) is 0 Å². The number of sulfone groups is 1. The maximum Gasteiger partial charge on any atom is 0.147 e. The van der Waals surface area contributed by atoms with Gasteiger partial charge in [-0.05, 0) is 43.0 Å². The highest BCUT2D eigenvalue weighted by molar-refractivity contribution is 7.90. The minimum absolute atomic E-state index is 0.0755. The standard InChI is InChI=1S/C12H18FNO2S/c1-17(15,16)6-5-11(9-14)7-10-3-2-4-12(13)8-10/h2-4,8,11H,5-7,9,14H2,1H3. The SMILES string of the molecule is CS(=O)(=O)CCC(CN)Cc1cccc(F)c1. The molecule has 0 heterocycles. The van der Waals surface area contributed by atoms with Gasteiger partial charge in [0.2, 0.25) is 0 Å².